The minimum absolute atomic E-state index is 0.0711. The van der Waals surface area contributed by atoms with Gasteiger partial charge in [-0.25, -0.2) is 0 Å². The summed E-state index contributed by atoms with van der Waals surface area (Å²) in [6.07, 6.45) is 3.68. The minimum atomic E-state index is -0.231. The molecule has 0 bridgehead atoms. The predicted molar refractivity (Wildman–Crippen MR) is 125 cm³/mol. The van der Waals surface area contributed by atoms with Crippen molar-refractivity contribution >= 4 is 33.3 Å². The van der Waals surface area contributed by atoms with Gasteiger partial charge in [-0.3, -0.25) is 9.59 Å². The zero-order valence-electron chi connectivity index (χ0n) is 18.1. The molecule has 1 amide bonds. The molecule has 0 fully saturated rings. The molecule has 4 aromatic rings. The second-order valence-corrected chi connectivity index (χ2v) is 8.13. The minimum Gasteiger partial charge on any atom is -0.383 e. The molecule has 0 spiro atoms. The summed E-state index contributed by atoms with van der Waals surface area (Å²) >= 11 is 0. The number of anilines is 1. The number of rotatable bonds is 7. The van der Waals surface area contributed by atoms with Crippen LogP contribution in [-0.2, 0) is 17.8 Å². The lowest BCUT2D eigenvalue weighted by Crippen LogP contribution is -2.25. The fourth-order valence-corrected chi connectivity index (χ4v) is 3.96. The molecular formula is C25H27N3O3. The van der Waals surface area contributed by atoms with Crippen molar-refractivity contribution in [1.29, 1.82) is 0 Å². The molecule has 6 heteroatoms. The molecule has 2 aromatic carbocycles. The number of methoxy groups -OCH3 is 1. The average Bonchev–Trinajstić information content (AvgIpc) is 3.18. The Morgan fingerprint density at radius 1 is 1.00 bits per heavy atom. The van der Waals surface area contributed by atoms with Crippen LogP contribution in [0.2, 0.25) is 0 Å². The monoisotopic (exact) mass is 417 g/mol. The van der Waals surface area contributed by atoms with Gasteiger partial charge in [0.05, 0.1) is 23.4 Å². The molecule has 0 radical (unpaired) electrons. The maximum Gasteiger partial charge on any atom is 0.258 e. The Hall–Kier alpha value is -3.38. The number of hydrogen-bond donors (Lipinski definition) is 1. The van der Waals surface area contributed by atoms with Crippen LogP contribution < -0.4 is 10.9 Å². The van der Waals surface area contributed by atoms with Gasteiger partial charge in [-0.1, -0.05) is 38.1 Å². The maximum atomic E-state index is 13.3. The SMILES string of the molecule is COCCn1ccc2c(NC(=O)c3cn(CC(C)C)c(=O)c4ccccc34)cccc21. The molecule has 0 saturated carbocycles. The Morgan fingerprint density at radius 2 is 1.77 bits per heavy atom. The molecule has 6 nitrogen and oxygen atoms in total. The Balaban J connectivity index is 1.75. The fraction of sp³-hybridized carbons (Fsp3) is 0.280. The van der Waals surface area contributed by atoms with Crippen LogP contribution in [0, 0.1) is 5.92 Å². The molecule has 4 rings (SSSR count). The van der Waals surface area contributed by atoms with Crippen molar-refractivity contribution in [2.24, 2.45) is 5.92 Å². The topological polar surface area (TPSA) is 65.3 Å². The summed E-state index contributed by atoms with van der Waals surface area (Å²) in [5, 5.41) is 5.25. The van der Waals surface area contributed by atoms with Crippen LogP contribution >= 0.6 is 0 Å². The van der Waals surface area contributed by atoms with Crippen molar-refractivity contribution in [3.05, 3.63) is 76.8 Å². The van der Waals surface area contributed by atoms with E-state index < -0.39 is 0 Å². The number of aromatic nitrogens is 2. The molecule has 160 valence electrons. The zero-order valence-corrected chi connectivity index (χ0v) is 18.1. The van der Waals surface area contributed by atoms with Crippen LogP contribution in [-0.4, -0.2) is 28.8 Å². The molecule has 0 aliphatic heterocycles. The van der Waals surface area contributed by atoms with Gasteiger partial charge >= 0.3 is 0 Å². The second-order valence-electron chi connectivity index (χ2n) is 8.13. The van der Waals surface area contributed by atoms with E-state index in [4.69, 9.17) is 4.74 Å². The normalized spacial score (nSPS) is 11.5. The van der Waals surface area contributed by atoms with E-state index >= 15 is 0 Å². The molecule has 2 heterocycles. The smallest absolute Gasteiger partial charge is 0.258 e. The Kier molecular flexibility index (Phi) is 5.91. The van der Waals surface area contributed by atoms with Crippen LogP contribution in [0.3, 0.4) is 0 Å². The summed E-state index contributed by atoms with van der Waals surface area (Å²) in [5.41, 5.74) is 2.19. The van der Waals surface area contributed by atoms with Crippen molar-refractivity contribution in [3.63, 3.8) is 0 Å². The van der Waals surface area contributed by atoms with Crippen LogP contribution in [0.15, 0.2) is 65.7 Å². The van der Waals surface area contributed by atoms with Gasteiger partial charge in [0.2, 0.25) is 0 Å². The van der Waals surface area contributed by atoms with Crippen LogP contribution in [0.5, 0.6) is 0 Å². The molecule has 2 aromatic heterocycles. The quantitative estimate of drug-likeness (QED) is 0.481. The van der Waals surface area contributed by atoms with E-state index in [2.05, 4.69) is 23.7 Å². The van der Waals surface area contributed by atoms with Gasteiger partial charge < -0.3 is 19.2 Å². The summed E-state index contributed by atoms with van der Waals surface area (Å²) < 4.78 is 8.93. The zero-order chi connectivity index (χ0) is 22.0. The maximum absolute atomic E-state index is 13.3. The average molecular weight is 418 g/mol. The van der Waals surface area contributed by atoms with Crippen molar-refractivity contribution in [1.82, 2.24) is 9.13 Å². The van der Waals surface area contributed by atoms with Gasteiger partial charge in [0.1, 0.15) is 0 Å². The van der Waals surface area contributed by atoms with E-state index in [-0.39, 0.29) is 17.4 Å². The van der Waals surface area contributed by atoms with E-state index in [1.807, 2.05) is 48.7 Å². The first-order chi connectivity index (χ1) is 15.0. The Bertz CT molecular complexity index is 1300. The third-order valence-electron chi connectivity index (χ3n) is 5.40. The molecule has 0 atom stereocenters. The molecule has 0 saturated heterocycles. The lowest BCUT2D eigenvalue weighted by molar-refractivity contribution is 0.102. The van der Waals surface area contributed by atoms with Gasteiger partial charge in [0, 0.05) is 48.8 Å². The fourth-order valence-electron chi connectivity index (χ4n) is 3.96. The first-order valence-corrected chi connectivity index (χ1v) is 10.5. The second kappa shape index (κ2) is 8.78. The lowest BCUT2D eigenvalue weighted by Gasteiger charge is -2.14. The third kappa shape index (κ3) is 4.11. The highest BCUT2D eigenvalue weighted by molar-refractivity contribution is 6.14. The number of hydrogen-bond acceptors (Lipinski definition) is 3. The standard InChI is InChI=1S/C25H27N3O3/c1-17(2)15-28-16-21(18-7-4-5-8-19(18)25(28)30)24(29)26-22-9-6-10-23-20(22)11-12-27(23)13-14-31-3/h4-12,16-17H,13-15H2,1-3H3,(H,26,29). The lowest BCUT2D eigenvalue weighted by atomic mass is 10.1. The van der Waals surface area contributed by atoms with Crippen LogP contribution in [0.25, 0.3) is 21.7 Å². The van der Waals surface area contributed by atoms with Crippen molar-refractivity contribution in [2.45, 2.75) is 26.9 Å². The molecular weight excluding hydrogens is 390 g/mol. The summed E-state index contributed by atoms with van der Waals surface area (Å²) in [4.78, 5) is 26.2. The largest absolute Gasteiger partial charge is 0.383 e. The number of amides is 1. The number of ether oxygens (including phenoxy) is 1. The van der Waals surface area contributed by atoms with Crippen molar-refractivity contribution in [3.8, 4) is 0 Å². The number of pyridine rings is 1. The van der Waals surface area contributed by atoms with E-state index in [0.717, 1.165) is 23.1 Å². The van der Waals surface area contributed by atoms with E-state index in [0.29, 0.717) is 29.5 Å². The van der Waals surface area contributed by atoms with Gasteiger partial charge in [-0.2, -0.15) is 0 Å². The highest BCUT2D eigenvalue weighted by atomic mass is 16.5. The first-order valence-electron chi connectivity index (χ1n) is 10.5. The van der Waals surface area contributed by atoms with E-state index in [1.165, 1.54) is 0 Å². The molecule has 0 unspecified atom stereocenters. The number of nitrogens with zero attached hydrogens (tertiary/aromatic N) is 2. The van der Waals surface area contributed by atoms with Gasteiger partial charge in [0.15, 0.2) is 0 Å². The third-order valence-corrected chi connectivity index (χ3v) is 5.40. The number of carbonyl (C=O) groups excluding carboxylic acids is 1. The summed E-state index contributed by atoms with van der Waals surface area (Å²) in [7, 11) is 1.68. The molecule has 31 heavy (non-hydrogen) atoms. The van der Waals surface area contributed by atoms with Gasteiger partial charge in [-0.15, -0.1) is 0 Å². The number of benzene rings is 2. The number of carbonyl (C=O) groups is 1. The predicted octanol–water partition coefficient (Wildman–Crippen LogP) is 4.51. The highest BCUT2D eigenvalue weighted by Crippen LogP contribution is 2.26. The summed E-state index contributed by atoms with van der Waals surface area (Å²) in [6, 6.07) is 15.1. The van der Waals surface area contributed by atoms with E-state index in [1.54, 1.807) is 23.9 Å². The van der Waals surface area contributed by atoms with Crippen LogP contribution in [0.1, 0.15) is 24.2 Å². The van der Waals surface area contributed by atoms with Gasteiger partial charge in [0.25, 0.3) is 11.5 Å². The Labute approximate surface area is 181 Å². The van der Waals surface area contributed by atoms with Crippen LogP contribution in [0.4, 0.5) is 5.69 Å². The van der Waals surface area contributed by atoms with Crippen molar-refractivity contribution in [2.75, 3.05) is 19.0 Å². The molecule has 0 aliphatic carbocycles. The number of fused-ring (bicyclic) bond motifs is 2. The molecule has 1 N–H and O–H groups in total. The highest BCUT2D eigenvalue weighted by Gasteiger charge is 2.17. The van der Waals surface area contributed by atoms with E-state index in [9.17, 15) is 9.59 Å². The first kappa shape index (κ1) is 20.9. The Morgan fingerprint density at radius 3 is 2.52 bits per heavy atom. The van der Waals surface area contributed by atoms with Crippen molar-refractivity contribution < 1.29 is 9.53 Å². The number of nitrogens with one attached hydrogen (secondary N) is 1. The summed E-state index contributed by atoms with van der Waals surface area (Å²) in [5.74, 6) is 0.0567. The van der Waals surface area contributed by atoms with Gasteiger partial charge in [-0.05, 0) is 30.2 Å². The summed E-state index contributed by atoms with van der Waals surface area (Å²) in [6.45, 7) is 6.01. The molecule has 0 aliphatic rings.